The molecular weight excluding hydrogens is 344 g/mol. The van der Waals surface area contributed by atoms with Crippen molar-refractivity contribution in [3.8, 4) is 5.75 Å². The zero-order valence-electron chi connectivity index (χ0n) is 15.6. The molecule has 2 N–H and O–H groups in total. The van der Waals surface area contributed by atoms with Gasteiger partial charge in [-0.15, -0.1) is 0 Å². The summed E-state index contributed by atoms with van der Waals surface area (Å²) >= 11 is 0. The first-order valence-corrected chi connectivity index (χ1v) is 8.91. The molecule has 0 bridgehead atoms. The Hall–Kier alpha value is -3.15. The number of carbonyl (C=O) groups excluding carboxylic acids is 3. The Morgan fingerprint density at radius 3 is 2.11 bits per heavy atom. The Kier molecular flexibility index (Phi) is 7.55. The van der Waals surface area contributed by atoms with Gasteiger partial charge < -0.3 is 15.4 Å². The van der Waals surface area contributed by atoms with Crippen LogP contribution in [0, 0.1) is 0 Å². The molecule has 0 atom stereocenters. The molecule has 142 valence electrons. The van der Waals surface area contributed by atoms with Crippen LogP contribution in [-0.2, 0) is 4.79 Å². The number of carbonyl (C=O) groups is 3. The number of hydrogen-bond acceptors (Lipinski definition) is 4. The van der Waals surface area contributed by atoms with E-state index in [4.69, 9.17) is 4.74 Å². The van der Waals surface area contributed by atoms with E-state index in [0.717, 1.165) is 12.2 Å². The number of ketones is 1. The van der Waals surface area contributed by atoms with Crippen molar-refractivity contribution in [1.29, 1.82) is 0 Å². The zero-order chi connectivity index (χ0) is 19.6. The first kappa shape index (κ1) is 20.2. The highest BCUT2D eigenvalue weighted by Gasteiger charge is 2.10. The molecule has 0 spiro atoms. The zero-order valence-corrected chi connectivity index (χ0v) is 15.6. The molecule has 2 amide bonds. The van der Waals surface area contributed by atoms with Gasteiger partial charge in [-0.2, -0.15) is 0 Å². The fourth-order valence-corrected chi connectivity index (χ4v) is 2.40. The van der Waals surface area contributed by atoms with Crippen molar-refractivity contribution in [1.82, 2.24) is 5.32 Å². The number of amides is 2. The Morgan fingerprint density at radius 2 is 1.52 bits per heavy atom. The fourth-order valence-electron chi connectivity index (χ4n) is 2.40. The van der Waals surface area contributed by atoms with Gasteiger partial charge in [-0.25, -0.2) is 0 Å². The van der Waals surface area contributed by atoms with Crippen LogP contribution < -0.4 is 15.4 Å². The maximum Gasteiger partial charge on any atom is 0.251 e. The molecule has 2 rings (SSSR count). The van der Waals surface area contributed by atoms with Gasteiger partial charge in [-0.3, -0.25) is 14.4 Å². The SMILES string of the molecule is CCCOc1ccc(C(=O)CCC(=O)Nc2ccc(C(=O)NC)cc2)cc1. The van der Waals surface area contributed by atoms with Crippen LogP contribution in [0.15, 0.2) is 48.5 Å². The van der Waals surface area contributed by atoms with E-state index in [0.29, 0.717) is 23.4 Å². The number of Topliss-reactive ketones (excluding diaryl/α,β-unsaturated/α-hetero) is 1. The van der Waals surface area contributed by atoms with E-state index in [1.54, 1.807) is 55.6 Å². The van der Waals surface area contributed by atoms with Crippen LogP contribution in [0.25, 0.3) is 0 Å². The quantitative estimate of drug-likeness (QED) is 0.664. The monoisotopic (exact) mass is 368 g/mol. The summed E-state index contributed by atoms with van der Waals surface area (Å²) in [7, 11) is 1.56. The number of nitrogens with one attached hydrogen (secondary N) is 2. The predicted molar refractivity (Wildman–Crippen MR) is 104 cm³/mol. The normalized spacial score (nSPS) is 10.1. The molecule has 0 radical (unpaired) electrons. The topological polar surface area (TPSA) is 84.5 Å². The highest BCUT2D eigenvalue weighted by atomic mass is 16.5. The van der Waals surface area contributed by atoms with E-state index in [1.807, 2.05) is 6.92 Å². The molecule has 2 aromatic rings. The molecule has 0 saturated heterocycles. The van der Waals surface area contributed by atoms with Gasteiger partial charge in [0.15, 0.2) is 5.78 Å². The Labute approximate surface area is 158 Å². The van der Waals surface area contributed by atoms with Crippen molar-refractivity contribution in [3.05, 3.63) is 59.7 Å². The second kappa shape index (κ2) is 10.1. The van der Waals surface area contributed by atoms with E-state index in [9.17, 15) is 14.4 Å². The second-order valence-corrected chi connectivity index (χ2v) is 6.00. The summed E-state index contributed by atoms with van der Waals surface area (Å²) in [6.07, 6.45) is 1.13. The molecule has 0 aromatic heterocycles. The molecule has 0 aliphatic carbocycles. The van der Waals surface area contributed by atoms with Crippen LogP contribution in [0.2, 0.25) is 0 Å². The highest BCUT2D eigenvalue weighted by molar-refractivity contribution is 6.00. The molecule has 0 aliphatic rings. The summed E-state index contributed by atoms with van der Waals surface area (Å²) in [6.45, 7) is 2.66. The number of anilines is 1. The molecular formula is C21H24N2O4. The average Bonchev–Trinajstić information content (AvgIpc) is 2.70. The molecule has 6 heteroatoms. The Balaban J connectivity index is 1.82. The van der Waals surface area contributed by atoms with Gasteiger partial charge in [-0.1, -0.05) is 6.92 Å². The van der Waals surface area contributed by atoms with E-state index in [1.165, 1.54) is 0 Å². The molecule has 0 fully saturated rings. The van der Waals surface area contributed by atoms with Gasteiger partial charge in [0.25, 0.3) is 5.91 Å². The van der Waals surface area contributed by atoms with Crippen molar-refractivity contribution in [2.45, 2.75) is 26.2 Å². The van der Waals surface area contributed by atoms with Crippen molar-refractivity contribution in [2.75, 3.05) is 19.0 Å². The largest absolute Gasteiger partial charge is 0.494 e. The minimum absolute atomic E-state index is 0.0874. The minimum Gasteiger partial charge on any atom is -0.494 e. The van der Waals surface area contributed by atoms with Crippen LogP contribution in [0.4, 0.5) is 5.69 Å². The standard InChI is InChI=1S/C21H24N2O4/c1-3-14-27-18-10-6-15(7-11-18)19(24)12-13-20(25)23-17-8-4-16(5-9-17)21(26)22-2/h4-11H,3,12-14H2,1-2H3,(H,22,26)(H,23,25). The van der Waals surface area contributed by atoms with Crippen LogP contribution in [0.3, 0.4) is 0 Å². The average molecular weight is 368 g/mol. The smallest absolute Gasteiger partial charge is 0.251 e. The lowest BCUT2D eigenvalue weighted by atomic mass is 10.1. The maximum absolute atomic E-state index is 12.2. The summed E-state index contributed by atoms with van der Waals surface area (Å²) in [5, 5.41) is 5.25. The van der Waals surface area contributed by atoms with Gasteiger partial charge in [-0.05, 0) is 55.0 Å². The van der Waals surface area contributed by atoms with E-state index >= 15 is 0 Å². The van der Waals surface area contributed by atoms with Gasteiger partial charge in [0, 0.05) is 36.7 Å². The lowest BCUT2D eigenvalue weighted by Crippen LogP contribution is -2.18. The number of hydrogen-bond donors (Lipinski definition) is 2. The molecule has 2 aromatic carbocycles. The first-order chi connectivity index (χ1) is 13.0. The molecule has 27 heavy (non-hydrogen) atoms. The summed E-state index contributed by atoms with van der Waals surface area (Å²) < 4.78 is 5.48. The van der Waals surface area contributed by atoms with Crippen LogP contribution in [-0.4, -0.2) is 31.3 Å². The van der Waals surface area contributed by atoms with Crippen LogP contribution in [0.5, 0.6) is 5.75 Å². The predicted octanol–water partition coefficient (Wildman–Crippen LogP) is 3.44. The fraction of sp³-hybridized carbons (Fsp3) is 0.286. The summed E-state index contributed by atoms with van der Waals surface area (Å²) in [4.78, 5) is 35.7. The molecule has 6 nitrogen and oxygen atoms in total. The summed E-state index contributed by atoms with van der Waals surface area (Å²) in [5.74, 6) is 0.192. The highest BCUT2D eigenvalue weighted by Crippen LogP contribution is 2.15. The minimum atomic E-state index is -0.251. The third-order valence-corrected chi connectivity index (χ3v) is 3.89. The van der Waals surface area contributed by atoms with Crippen LogP contribution >= 0.6 is 0 Å². The van der Waals surface area contributed by atoms with Crippen LogP contribution in [0.1, 0.15) is 46.9 Å². The molecule has 0 heterocycles. The number of ether oxygens (including phenoxy) is 1. The van der Waals surface area contributed by atoms with Crippen molar-refractivity contribution in [2.24, 2.45) is 0 Å². The Morgan fingerprint density at radius 1 is 0.889 bits per heavy atom. The first-order valence-electron chi connectivity index (χ1n) is 8.91. The van der Waals surface area contributed by atoms with Crippen molar-refractivity contribution >= 4 is 23.3 Å². The maximum atomic E-state index is 12.2. The van der Waals surface area contributed by atoms with Gasteiger partial charge in [0.05, 0.1) is 6.61 Å². The van der Waals surface area contributed by atoms with E-state index in [2.05, 4.69) is 10.6 Å². The molecule has 0 saturated carbocycles. The van der Waals surface area contributed by atoms with Crippen molar-refractivity contribution in [3.63, 3.8) is 0 Å². The van der Waals surface area contributed by atoms with Gasteiger partial charge >= 0.3 is 0 Å². The van der Waals surface area contributed by atoms with E-state index in [-0.39, 0.29) is 30.4 Å². The number of rotatable bonds is 9. The summed E-state index contributed by atoms with van der Waals surface area (Å²) in [6, 6.07) is 13.5. The Bertz CT molecular complexity index is 783. The van der Waals surface area contributed by atoms with E-state index < -0.39 is 0 Å². The lowest BCUT2D eigenvalue weighted by Gasteiger charge is -2.07. The third-order valence-electron chi connectivity index (χ3n) is 3.89. The molecule has 0 aliphatic heterocycles. The van der Waals surface area contributed by atoms with Crippen molar-refractivity contribution < 1.29 is 19.1 Å². The summed E-state index contributed by atoms with van der Waals surface area (Å²) in [5.41, 5.74) is 1.65. The second-order valence-electron chi connectivity index (χ2n) is 6.00. The lowest BCUT2D eigenvalue weighted by molar-refractivity contribution is -0.116. The van der Waals surface area contributed by atoms with Gasteiger partial charge in [0.1, 0.15) is 5.75 Å². The third kappa shape index (κ3) is 6.26. The number of benzene rings is 2. The molecule has 0 unspecified atom stereocenters. The van der Waals surface area contributed by atoms with Gasteiger partial charge in [0.2, 0.25) is 5.91 Å².